The molecule has 0 saturated heterocycles. The van der Waals surface area contributed by atoms with E-state index >= 15 is 0 Å². The average Bonchev–Trinajstić information content (AvgIpc) is 3.07. The number of fused-ring (bicyclic) bond motifs is 1. The summed E-state index contributed by atoms with van der Waals surface area (Å²) in [5.74, 6) is -0.421. The third kappa shape index (κ3) is 3.58. The molecule has 1 aliphatic rings. The minimum atomic E-state index is -3.27. The molecule has 27 heavy (non-hydrogen) atoms. The molecule has 0 bridgehead atoms. The van der Waals surface area contributed by atoms with Crippen molar-refractivity contribution in [3.05, 3.63) is 75.4 Å². The maximum atomic E-state index is 12.7. The number of hydrogen-bond donors (Lipinski definition) is 1. The highest BCUT2D eigenvalue weighted by atomic mass is 35.5. The summed E-state index contributed by atoms with van der Waals surface area (Å²) in [4.78, 5) is 12.7. The van der Waals surface area contributed by atoms with Gasteiger partial charge in [0.2, 0.25) is 0 Å². The van der Waals surface area contributed by atoms with Gasteiger partial charge in [-0.15, -0.1) is 0 Å². The van der Waals surface area contributed by atoms with Gasteiger partial charge in [-0.05, 0) is 36.4 Å². The highest BCUT2D eigenvalue weighted by Gasteiger charge is 2.33. The quantitative estimate of drug-likeness (QED) is 0.695. The molecule has 6 nitrogen and oxygen atoms in total. The van der Waals surface area contributed by atoms with E-state index in [0.717, 1.165) is 0 Å². The summed E-state index contributed by atoms with van der Waals surface area (Å²) in [6, 6.07) is 13.4. The third-order valence-corrected chi connectivity index (χ3v) is 6.07. The van der Waals surface area contributed by atoms with Crippen LogP contribution in [0.1, 0.15) is 21.6 Å². The monoisotopic (exact) mass is 421 g/mol. The second-order valence-corrected chi connectivity index (χ2v) is 9.10. The number of anilines is 1. The lowest BCUT2D eigenvalue weighted by Crippen LogP contribution is -2.17. The molecule has 0 unspecified atom stereocenters. The number of amides is 1. The zero-order valence-corrected chi connectivity index (χ0v) is 16.1. The molecule has 0 saturated carbocycles. The summed E-state index contributed by atoms with van der Waals surface area (Å²) in [6.45, 7) is 0. The summed E-state index contributed by atoms with van der Waals surface area (Å²) in [7, 11) is -3.27. The molecule has 0 aliphatic carbocycles. The highest BCUT2D eigenvalue weighted by molar-refractivity contribution is 7.90. The maximum Gasteiger partial charge on any atom is 0.256 e. The number of aromatic nitrogens is 2. The second kappa shape index (κ2) is 6.67. The number of hydrogen-bond acceptors (Lipinski definition) is 4. The van der Waals surface area contributed by atoms with Crippen LogP contribution in [0.3, 0.4) is 0 Å². The average molecular weight is 422 g/mol. The zero-order chi connectivity index (χ0) is 19.2. The van der Waals surface area contributed by atoms with Crippen LogP contribution in [0.5, 0.6) is 0 Å². The topological polar surface area (TPSA) is 81.1 Å². The van der Waals surface area contributed by atoms with Gasteiger partial charge >= 0.3 is 0 Å². The molecule has 1 aromatic heterocycles. The number of carbonyl (C=O) groups excluding carboxylic acids is 1. The molecular formula is C18H13Cl2N3O3S. The van der Waals surface area contributed by atoms with Gasteiger partial charge in [0, 0.05) is 21.2 Å². The van der Waals surface area contributed by atoms with E-state index in [0.29, 0.717) is 38.4 Å². The molecule has 1 aliphatic heterocycles. The number of halogens is 2. The van der Waals surface area contributed by atoms with Crippen LogP contribution in [0.25, 0.3) is 5.69 Å². The fourth-order valence-electron chi connectivity index (χ4n) is 2.97. The van der Waals surface area contributed by atoms with Crippen molar-refractivity contribution in [3.8, 4) is 5.69 Å². The minimum absolute atomic E-state index is 0.157. The maximum absolute atomic E-state index is 12.7. The Morgan fingerprint density at radius 2 is 1.74 bits per heavy atom. The number of rotatable bonds is 3. The first kappa shape index (κ1) is 18.0. The summed E-state index contributed by atoms with van der Waals surface area (Å²) < 4.78 is 25.5. The van der Waals surface area contributed by atoms with E-state index in [1.54, 1.807) is 42.5 Å². The summed E-state index contributed by atoms with van der Waals surface area (Å²) in [5, 5.41) is 8.12. The molecule has 0 spiro atoms. The van der Waals surface area contributed by atoms with E-state index in [2.05, 4.69) is 10.4 Å². The van der Waals surface area contributed by atoms with Gasteiger partial charge in [0.25, 0.3) is 5.91 Å². The Kier molecular flexibility index (Phi) is 4.46. The number of sulfone groups is 1. The molecule has 1 amide bonds. The molecule has 2 heterocycles. The van der Waals surface area contributed by atoms with Gasteiger partial charge in [-0.1, -0.05) is 35.3 Å². The largest absolute Gasteiger partial charge is 0.306 e. The third-order valence-electron chi connectivity index (χ3n) is 4.16. The van der Waals surface area contributed by atoms with E-state index in [4.69, 9.17) is 23.2 Å². The first-order valence-electron chi connectivity index (χ1n) is 7.96. The van der Waals surface area contributed by atoms with Crippen molar-refractivity contribution in [2.45, 2.75) is 11.5 Å². The number of nitrogens with zero attached hydrogens (tertiary/aromatic N) is 2. The Bertz CT molecular complexity index is 1170. The Hall–Kier alpha value is -2.35. The van der Waals surface area contributed by atoms with E-state index in [9.17, 15) is 13.2 Å². The van der Waals surface area contributed by atoms with Crippen molar-refractivity contribution in [3.63, 3.8) is 0 Å². The Morgan fingerprint density at radius 1 is 1.04 bits per heavy atom. The van der Waals surface area contributed by atoms with Crippen LogP contribution >= 0.6 is 23.2 Å². The Morgan fingerprint density at radius 3 is 2.44 bits per heavy atom. The molecule has 138 valence electrons. The summed E-state index contributed by atoms with van der Waals surface area (Å²) in [6.07, 6.45) is 0. The standard InChI is InChI=1S/C18H13Cl2N3O3S/c19-12-4-1-3-11(7-12)18(24)21-17-15-9-27(25,26)10-16(15)22-23(17)14-6-2-5-13(20)8-14/h1-8H,9-10H2,(H,21,24). The van der Waals surface area contributed by atoms with Crippen LogP contribution < -0.4 is 5.32 Å². The van der Waals surface area contributed by atoms with Crippen LogP contribution in [-0.2, 0) is 21.3 Å². The fourth-order valence-corrected chi connectivity index (χ4v) is 4.84. The van der Waals surface area contributed by atoms with E-state index < -0.39 is 15.7 Å². The zero-order valence-electron chi connectivity index (χ0n) is 13.8. The van der Waals surface area contributed by atoms with Gasteiger partial charge in [0.05, 0.1) is 22.9 Å². The number of benzene rings is 2. The predicted octanol–water partition coefficient (Wildman–Crippen LogP) is 3.86. The normalized spacial score (nSPS) is 14.7. The Labute approximate surface area is 165 Å². The van der Waals surface area contributed by atoms with Crippen LogP contribution in [-0.4, -0.2) is 24.1 Å². The minimum Gasteiger partial charge on any atom is -0.306 e. The second-order valence-electron chi connectivity index (χ2n) is 6.16. The lowest BCUT2D eigenvalue weighted by Gasteiger charge is -2.11. The highest BCUT2D eigenvalue weighted by Crippen LogP contribution is 2.33. The van der Waals surface area contributed by atoms with E-state index in [-0.39, 0.29) is 11.5 Å². The predicted molar refractivity (Wildman–Crippen MR) is 104 cm³/mol. The summed E-state index contributed by atoms with van der Waals surface area (Å²) in [5.41, 5.74) is 1.90. The molecule has 2 aromatic carbocycles. The van der Waals surface area contributed by atoms with Crippen molar-refractivity contribution >= 4 is 44.8 Å². The first-order valence-corrected chi connectivity index (χ1v) is 10.5. The van der Waals surface area contributed by atoms with Crippen molar-refractivity contribution < 1.29 is 13.2 Å². The SMILES string of the molecule is O=C(Nc1c2c(nn1-c1cccc(Cl)c1)CS(=O)(=O)C2)c1cccc(Cl)c1. The molecular weight excluding hydrogens is 409 g/mol. The lowest BCUT2D eigenvalue weighted by molar-refractivity contribution is 0.102. The molecule has 9 heteroatoms. The van der Waals surface area contributed by atoms with Gasteiger partial charge in [0.1, 0.15) is 5.82 Å². The molecule has 1 N–H and O–H groups in total. The van der Waals surface area contributed by atoms with Crippen LogP contribution in [0, 0.1) is 0 Å². The number of carbonyl (C=O) groups is 1. The fraction of sp³-hybridized carbons (Fsp3) is 0.111. The van der Waals surface area contributed by atoms with Gasteiger partial charge in [-0.2, -0.15) is 5.10 Å². The first-order chi connectivity index (χ1) is 12.8. The Balaban J connectivity index is 1.79. The van der Waals surface area contributed by atoms with Crippen LogP contribution in [0.15, 0.2) is 48.5 Å². The van der Waals surface area contributed by atoms with Crippen molar-refractivity contribution in [1.29, 1.82) is 0 Å². The van der Waals surface area contributed by atoms with Crippen molar-refractivity contribution in [2.24, 2.45) is 0 Å². The number of nitrogens with one attached hydrogen (secondary N) is 1. The van der Waals surface area contributed by atoms with Crippen LogP contribution in [0.2, 0.25) is 10.0 Å². The van der Waals surface area contributed by atoms with Crippen molar-refractivity contribution in [1.82, 2.24) is 9.78 Å². The van der Waals surface area contributed by atoms with Gasteiger partial charge in [0.15, 0.2) is 9.84 Å². The molecule has 4 rings (SSSR count). The van der Waals surface area contributed by atoms with E-state index in [1.807, 2.05) is 0 Å². The van der Waals surface area contributed by atoms with Gasteiger partial charge < -0.3 is 5.32 Å². The summed E-state index contributed by atoms with van der Waals surface area (Å²) >= 11 is 12.0. The molecule has 3 aromatic rings. The van der Waals surface area contributed by atoms with Crippen LogP contribution in [0.4, 0.5) is 5.82 Å². The van der Waals surface area contributed by atoms with E-state index in [1.165, 1.54) is 10.7 Å². The van der Waals surface area contributed by atoms with Gasteiger partial charge in [-0.3, -0.25) is 4.79 Å². The smallest absolute Gasteiger partial charge is 0.256 e. The molecule has 0 radical (unpaired) electrons. The van der Waals surface area contributed by atoms with Crippen molar-refractivity contribution in [2.75, 3.05) is 5.32 Å². The lowest BCUT2D eigenvalue weighted by atomic mass is 10.2. The van der Waals surface area contributed by atoms with Gasteiger partial charge in [-0.25, -0.2) is 13.1 Å². The molecule has 0 fully saturated rings. The molecule has 0 atom stereocenters.